The second-order valence-corrected chi connectivity index (χ2v) is 4.82. The van der Waals surface area contributed by atoms with Crippen LogP contribution in [-0.4, -0.2) is 23.5 Å². The Labute approximate surface area is 108 Å². The lowest BCUT2D eigenvalue weighted by Crippen LogP contribution is -2.40. The van der Waals surface area contributed by atoms with E-state index in [9.17, 15) is 4.79 Å². The van der Waals surface area contributed by atoms with E-state index in [0.717, 1.165) is 12.8 Å². The zero-order valence-corrected chi connectivity index (χ0v) is 10.9. The minimum Gasteiger partial charge on any atom is -0.335 e. The average Bonchev–Trinajstić information content (AvgIpc) is 3.17. The van der Waals surface area contributed by atoms with Crippen molar-refractivity contribution < 1.29 is 4.79 Å². The highest BCUT2D eigenvalue weighted by Crippen LogP contribution is 2.28. The van der Waals surface area contributed by atoms with E-state index in [-0.39, 0.29) is 6.03 Å². The maximum Gasteiger partial charge on any atom is 0.318 e. The Hall–Kier alpha value is -1.77. The number of amides is 2. The number of nitrogens with one attached hydrogen (secondary N) is 1. The van der Waals surface area contributed by atoms with Crippen molar-refractivity contribution in [1.29, 1.82) is 0 Å². The molecule has 1 aliphatic rings. The first-order chi connectivity index (χ1) is 8.70. The highest BCUT2D eigenvalue weighted by molar-refractivity contribution is 5.75. The van der Waals surface area contributed by atoms with Crippen LogP contribution in [0.3, 0.4) is 0 Å². The molecule has 3 heteroatoms. The van der Waals surface area contributed by atoms with Crippen LogP contribution in [0.5, 0.6) is 0 Å². The van der Waals surface area contributed by atoms with Crippen LogP contribution in [-0.2, 0) is 6.54 Å². The lowest BCUT2D eigenvalue weighted by atomic mass is 10.1. The second-order valence-electron chi connectivity index (χ2n) is 4.82. The van der Waals surface area contributed by atoms with E-state index < -0.39 is 0 Å². The van der Waals surface area contributed by atoms with Gasteiger partial charge in [0.1, 0.15) is 0 Å². The third kappa shape index (κ3) is 3.36. The Morgan fingerprint density at radius 2 is 2.33 bits per heavy atom. The first-order valence-electron chi connectivity index (χ1n) is 6.41. The molecule has 0 saturated heterocycles. The maximum absolute atomic E-state index is 12.0. The van der Waals surface area contributed by atoms with Gasteiger partial charge in [-0.3, -0.25) is 0 Å². The van der Waals surface area contributed by atoms with Crippen LogP contribution in [0.15, 0.2) is 36.9 Å². The first kappa shape index (κ1) is 12.7. The van der Waals surface area contributed by atoms with Crippen molar-refractivity contribution in [3.05, 3.63) is 48.0 Å². The second kappa shape index (κ2) is 5.71. The van der Waals surface area contributed by atoms with Gasteiger partial charge in [-0.15, -0.1) is 6.58 Å². The monoisotopic (exact) mass is 244 g/mol. The summed E-state index contributed by atoms with van der Waals surface area (Å²) >= 11 is 0. The Kier molecular flexibility index (Phi) is 4.03. The Morgan fingerprint density at radius 3 is 2.94 bits per heavy atom. The maximum atomic E-state index is 12.0. The summed E-state index contributed by atoms with van der Waals surface area (Å²) in [6.45, 7) is 6.90. The van der Waals surface area contributed by atoms with E-state index in [1.54, 1.807) is 6.08 Å². The summed E-state index contributed by atoms with van der Waals surface area (Å²) in [7, 11) is 0. The van der Waals surface area contributed by atoms with Gasteiger partial charge in [-0.2, -0.15) is 0 Å². The van der Waals surface area contributed by atoms with E-state index in [1.165, 1.54) is 11.1 Å². The lowest BCUT2D eigenvalue weighted by Gasteiger charge is -2.22. The van der Waals surface area contributed by atoms with Crippen molar-refractivity contribution in [1.82, 2.24) is 10.2 Å². The van der Waals surface area contributed by atoms with Crippen LogP contribution in [0, 0.1) is 6.92 Å². The molecule has 1 aromatic rings. The molecule has 0 atom stereocenters. The highest BCUT2D eigenvalue weighted by Gasteiger charge is 2.32. The number of carbonyl (C=O) groups is 1. The van der Waals surface area contributed by atoms with E-state index >= 15 is 0 Å². The standard InChI is InChI=1S/C15H20N2O/c1-3-9-16-15(18)17(14-7-8-14)11-13-6-4-5-12(2)10-13/h3-6,10,14H,1,7-9,11H2,2H3,(H,16,18). The molecule has 96 valence electrons. The van der Waals surface area contributed by atoms with Gasteiger partial charge in [0.05, 0.1) is 0 Å². The number of aryl methyl sites for hydroxylation is 1. The molecular weight excluding hydrogens is 224 g/mol. The van der Waals surface area contributed by atoms with Crippen LogP contribution in [0.2, 0.25) is 0 Å². The first-order valence-corrected chi connectivity index (χ1v) is 6.41. The molecule has 3 nitrogen and oxygen atoms in total. The van der Waals surface area contributed by atoms with Crippen LogP contribution >= 0.6 is 0 Å². The van der Waals surface area contributed by atoms with Crippen LogP contribution in [0.4, 0.5) is 4.79 Å². The Morgan fingerprint density at radius 1 is 1.56 bits per heavy atom. The number of hydrogen-bond acceptors (Lipinski definition) is 1. The predicted octanol–water partition coefficient (Wildman–Crippen LogP) is 2.86. The molecule has 0 unspecified atom stereocenters. The molecule has 2 amide bonds. The summed E-state index contributed by atoms with van der Waals surface area (Å²) in [5, 5.41) is 2.86. The molecule has 0 radical (unpaired) electrons. The summed E-state index contributed by atoms with van der Waals surface area (Å²) in [6, 6.07) is 8.74. The Balaban J connectivity index is 2.02. The SMILES string of the molecule is C=CCNC(=O)N(Cc1cccc(C)c1)C1CC1. The van der Waals surface area contributed by atoms with Crippen LogP contribution < -0.4 is 5.32 Å². The van der Waals surface area contributed by atoms with Gasteiger partial charge < -0.3 is 10.2 Å². The fourth-order valence-electron chi connectivity index (χ4n) is 2.02. The molecule has 0 aromatic heterocycles. The summed E-state index contributed by atoms with van der Waals surface area (Å²) < 4.78 is 0. The number of rotatable bonds is 5. The number of carbonyl (C=O) groups excluding carboxylic acids is 1. The molecule has 0 bridgehead atoms. The molecule has 0 aliphatic heterocycles. The van der Waals surface area contributed by atoms with Crippen molar-refractivity contribution in [2.75, 3.05) is 6.54 Å². The van der Waals surface area contributed by atoms with E-state index in [0.29, 0.717) is 19.1 Å². The lowest BCUT2D eigenvalue weighted by molar-refractivity contribution is 0.193. The molecule has 2 rings (SSSR count). The Bertz CT molecular complexity index is 438. The third-order valence-corrected chi connectivity index (χ3v) is 3.08. The van der Waals surface area contributed by atoms with Crippen LogP contribution in [0.1, 0.15) is 24.0 Å². The van der Waals surface area contributed by atoms with Crippen molar-refractivity contribution >= 4 is 6.03 Å². The van der Waals surface area contributed by atoms with Gasteiger partial charge >= 0.3 is 6.03 Å². The third-order valence-electron chi connectivity index (χ3n) is 3.08. The van der Waals surface area contributed by atoms with Gasteiger partial charge in [0.15, 0.2) is 0 Å². The highest BCUT2D eigenvalue weighted by atomic mass is 16.2. The fourth-order valence-corrected chi connectivity index (χ4v) is 2.02. The molecule has 1 N–H and O–H groups in total. The molecule has 1 aromatic carbocycles. The van der Waals surface area contributed by atoms with E-state index in [2.05, 4.69) is 37.0 Å². The summed E-state index contributed by atoms with van der Waals surface area (Å²) in [4.78, 5) is 14.0. The van der Waals surface area contributed by atoms with Crippen molar-refractivity contribution in [2.45, 2.75) is 32.4 Å². The van der Waals surface area contributed by atoms with Crippen molar-refractivity contribution in [3.63, 3.8) is 0 Å². The van der Waals surface area contributed by atoms with Gasteiger partial charge in [0.25, 0.3) is 0 Å². The average molecular weight is 244 g/mol. The summed E-state index contributed by atoms with van der Waals surface area (Å²) in [5.74, 6) is 0. The zero-order valence-electron chi connectivity index (χ0n) is 10.9. The summed E-state index contributed by atoms with van der Waals surface area (Å²) in [5.41, 5.74) is 2.42. The minimum atomic E-state index is 0.0129. The van der Waals surface area contributed by atoms with Crippen molar-refractivity contribution in [3.8, 4) is 0 Å². The largest absolute Gasteiger partial charge is 0.335 e. The fraction of sp³-hybridized carbons (Fsp3) is 0.400. The topological polar surface area (TPSA) is 32.3 Å². The quantitative estimate of drug-likeness (QED) is 0.794. The molecule has 1 aliphatic carbocycles. The summed E-state index contributed by atoms with van der Waals surface area (Å²) in [6.07, 6.45) is 3.94. The zero-order chi connectivity index (χ0) is 13.0. The number of nitrogens with zero attached hydrogens (tertiary/aromatic N) is 1. The van der Waals surface area contributed by atoms with Crippen LogP contribution in [0.25, 0.3) is 0 Å². The number of hydrogen-bond donors (Lipinski definition) is 1. The smallest absolute Gasteiger partial charge is 0.318 e. The van der Waals surface area contributed by atoms with Gasteiger partial charge in [-0.05, 0) is 25.3 Å². The van der Waals surface area contributed by atoms with E-state index in [1.807, 2.05) is 11.0 Å². The molecule has 0 spiro atoms. The predicted molar refractivity (Wildman–Crippen MR) is 73.3 cm³/mol. The number of benzene rings is 1. The minimum absolute atomic E-state index is 0.0129. The molecule has 1 saturated carbocycles. The molecule has 1 fully saturated rings. The molecule has 18 heavy (non-hydrogen) atoms. The van der Waals surface area contributed by atoms with Gasteiger partial charge in [-0.1, -0.05) is 35.9 Å². The normalized spacial score (nSPS) is 14.1. The van der Waals surface area contributed by atoms with Gasteiger partial charge in [-0.25, -0.2) is 4.79 Å². The number of urea groups is 1. The van der Waals surface area contributed by atoms with Crippen molar-refractivity contribution in [2.24, 2.45) is 0 Å². The van der Waals surface area contributed by atoms with Gasteiger partial charge in [0.2, 0.25) is 0 Å². The van der Waals surface area contributed by atoms with Gasteiger partial charge in [0, 0.05) is 19.1 Å². The molecular formula is C15H20N2O. The molecule has 0 heterocycles. The van der Waals surface area contributed by atoms with E-state index in [4.69, 9.17) is 0 Å².